The lowest BCUT2D eigenvalue weighted by Gasteiger charge is -2.17. The number of benzene rings is 2. The second kappa shape index (κ2) is 8.97. The molecule has 2 aromatic carbocycles. The van der Waals surface area contributed by atoms with Crippen LogP contribution in [0.2, 0.25) is 0 Å². The third-order valence-electron chi connectivity index (χ3n) is 5.24. The fraction of sp³-hybridized carbons (Fsp3) is 0.261. The van der Waals surface area contributed by atoms with E-state index in [1.54, 1.807) is 18.2 Å². The molecule has 0 aliphatic rings. The highest BCUT2D eigenvalue weighted by molar-refractivity contribution is 5.87. The molecule has 0 saturated carbocycles. The summed E-state index contributed by atoms with van der Waals surface area (Å²) < 4.78 is 63.4. The van der Waals surface area contributed by atoms with Gasteiger partial charge in [-0.2, -0.15) is 0 Å². The molecular weight excluding hydrogens is 439 g/mol. The zero-order valence-electron chi connectivity index (χ0n) is 18.1. The molecule has 33 heavy (non-hydrogen) atoms. The first kappa shape index (κ1) is 22.4. The number of alkyl halides is 2. The summed E-state index contributed by atoms with van der Waals surface area (Å²) in [5.74, 6) is 0.102. The predicted molar refractivity (Wildman–Crippen MR) is 114 cm³/mol. The summed E-state index contributed by atoms with van der Waals surface area (Å²) >= 11 is 0. The summed E-state index contributed by atoms with van der Waals surface area (Å²) in [5, 5.41) is 4.27. The van der Waals surface area contributed by atoms with E-state index in [9.17, 15) is 8.78 Å². The van der Waals surface area contributed by atoms with Crippen molar-refractivity contribution in [1.82, 2.24) is 15.1 Å². The Morgan fingerprint density at radius 1 is 0.970 bits per heavy atom. The van der Waals surface area contributed by atoms with Crippen LogP contribution in [0.4, 0.5) is 13.2 Å². The molecule has 2 aromatic heterocycles. The average molecular weight is 459 g/mol. The zero-order valence-corrected chi connectivity index (χ0v) is 18.1. The van der Waals surface area contributed by atoms with Gasteiger partial charge in [0.05, 0.1) is 30.5 Å². The quantitative estimate of drug-likeness (QED) is 0.348. The smallest absolute Gasteiger partial charge is 0.230 e. The van der Waals surface area contributed by atoms with Gasteiger partial charge in [0.25, 0.3) is 0 Å². The monoisotopic (exact) mass is 459 g/mol. The van der Waals surface area contributed by atoms with Crippen LogP contribution in [0.3, 0.4) is 0 Å². The summed E-state index contributed by atoms with van der Waals surface area (Å²) in [5.41, 5.74) is -0.859. The number of fused-ring (bicyclic) bond motifs is 1. The number of rotatable bonds is 8. The Morgan fingerprint density at radius 2 is 1.70 bits per heavy atom. The van der Waals surface area contributed by atoms with Gasteiger partial charge in [-0.3, -0.25) is 0 Å². The van der Waals surface area contributed by atoms with Crippen molar-refractivity contribution in [2.24, 2.45) is 0 Å². The zero-order chi connectivity index (χ0) is 23.6. The van der Waals surface area contributed by atoms with Crippen molar-refractivity contribution >= 4 is 10.9 Å². The van der Waals surface area contributed by atoms with E-state index in [0.29, 0.717) is 22.4 Å². The lowest BCUT2D eigenvalue weighted by molar-refractivity contribution is 0.206. The van der Waals surface area contributed by atoms with Crippen molar-refractivity contribution in [3.8, 4) is 34.4 Å². The second-order valence-corrected chi connectivity index (χ2v) is 7.53. The van der Waals surface area contributed by atoms with Crippen molar-refractivity contribution in [1.29, 1.82) is 0 Å². The van der Waals surface area contributed by atoms with Crippen LogP contribution < -0.4 is 14.2 Å². The molecular formula is C23H20F3N3O4. The van der Waals surface area contributed by atoms with E-state index in [1.165, 1.54) is 45.7 Å². The van der Waals surface area contributed by atoms with Crippen molar-refractivity contribution in [3.05, 3.63) is 54.3 Å². The Morgan fingerprint density at radius 3 is 2.39 bits per heavy atom. The molecule has 0 atom stereocenters. The maximum absolute atomic E-state index is 15.3. The van der Waals surface area contributed by atoms with Crippen LogP contribution in [0, 0.1) is 5.82 Å². The van der Waals surface area contributed by atoms with E-state index in [1.807, 2.05) is 0 Å². The van der Waals surface area contributed by atoms with Gasteiger partial charge < -0.3 is 18.7 Å². The third-order valence-corrected chi connectivity index (χ3v) is 5.24. The topological polar surface area (TPSA) is 79.5 Å². The van der Waals surface area contributed by atoms with Crippen molar-refractivity contribution < 1.29 is 31.9 Å². The van der Waals surface area contributed by atoms with Gasteiger partial charge >= 0.3 is 0 Å². The van der Waals surface area contributed by atoms with Crippen LogP contribution in [-0.4, -0.2) is 42.7 Å². The number of ether oxygens (including phenoxy) is 3. The number of aromatic nitrogens is 3. The Balaban J connectivity index is 1.73. The maximum atomic E-state index is 15.3. The highest BCUT2D eigenvalue weighted by Crippen LogP contribution is 2.38. The molecule has 0 radical (unpaired) electrons. The number of nitrogens with zero attached hydrogens (tertiary/aromatic N) is 3. The normalized spacial score (nSPS) is 11.6. The first-order valence-corrected chi connectivity index (χ1v) is 9.86. The molecule has 0 fully saturated rings. The molecule has 0 saturated heterocycles. The lowest BCUT2D eigenvalue weighted by Crippen LogP contribution is -2.26. The van der Waals surface area contributed by atoms with Gasteiger partial charge in [0, 0.05) is 17.7 Å². The molecule has 2 heterocycles. The van der Waals surface area contributed by atoms with Crippen molar-refractivity contribution in [2.75, 3.05) is 27.6 Å². The lowest BCUT2D eigenvalue weighted by atomic mass is 9.90. The van der Waals surface area contributed by atoms with Crippen LogP contribution in [0.25, 0.3) is 22.2 Å². The fourth-order valence-electron chi connectivity index (χ4n) is 3.19. The standard InChI is InChI=1S/C23H20F3N3O4/c1-23(10-24,11-25)20-9-16(29-33-20)13-5-4-6-17(21(13)26)32-22-14-7-18(30-2)19(31-3)8-15(14)27-12-28-22/h4-9,12H,10-11H2,1-3H3. The van der Waals surface area contributed by atoms with Gasteiger partial charge in [0.1, 0.15) is 31.1 Å². The first-order chi connectivity index (χ1) is 15.9. The molecule has 4 aromatic rings. The second-order valence-electron chi connectivity index (χ2n) is 7.53. The Labute approximate surface area is 187 Å². The molecule has 0 N–H and O–H groups in total. The molecule has 4 rings (SSSR count). The molecule has 0 aliphatic carbocycles. The van der Waals surface area contributed by atoms with Gasteiger partial charge in [-0.1, -0.05) is 11.2 Å². The number of hydrogen-bond acceptors (Lipinski definition) is 7. The largest absolute Gasteiger partial charge is 0.493 e. The summed E-state index contributed by atoms with van der Waals surface area (Å²) in [7, 11) is 2.99. The van der Waals surface area contributed by atoms with E-state index < -0.39 is 24.6 Å². The summed E-state index contributed by atoms with van der Waals surface area (Å²) in [4.78, 5) is 8.31. The van der Waals surface area contributed by atoms with Crippen LogP contribution in [0.5, 0.6) is 23.1 Å². The minimum atomic E-state index is -1.49. The molecule has 7 nitrogen and oxygen atoms in total. The fourth-order valence-corrected chi connectivity index (χ4v) is 3.19. The van der Waals surface area contributed by atoms with Gasteiger partial charge in [-0.25, -0.2) is 23.1 Å². The molecule has 0 amide bonds. The summed E-state index contributed by atoms with van der Waals surface area (Å²) in [6.45, 7) is -0.617. The Hall–Kier alpha value is -3.82. The van der Waals surface area contributed by atoms with Gasteiger partial charge in [0.15, 0.2) is 23.1 Å². The van der Waals surface area contributed by atoms with E-state index in [-0.39, 0.29) is 28.6 Å². The Kier molecular flexibility index (Phi) is 6.08. The van der Waals surface area contributed by atoms with Gasteiger partial charge in [0.2, 0.25) is 5.88 Å². The van der Waals surface area contributed by atoms with Crippen molar-refractivity contribution in [3.63, 3.8) is 0 Å². The van der Waals surface area contributed by atoms with E-state index >= 15 is 4.39 Å². The molecule has 10 heteroatoms. The van der Waals surface area contributed by atoms with Crippen LogP contribution in [0.15, 0.2) is 47.2 Å². The third kappa shape index (κ3) is 4.04. The molecule has 0 spiro atoms. The number of halogens is 3. The minimum absolute atomic E-state index is 0.0175. The van der Waals surface area contributed by atoms with E-state index in [4.69, 9.17) is 18.7 Å². The highest BCUT2D eigenvalue weighted by atomic mass is 19.1. The number of hydrogen-bond donors (Lipinski definition) is 0. The van der Waals surface area contributed by atoms with Crippen LogP contribution in [-0.2, 0) is 5.41 Å². The minimum Gasteiger partial charge on any atom is -0.493 e. The SMILES string of the molecule is COc1cc2ncnc(Oc3cccc(-c4cc(C(C)(CF)CF)on4)c3F)c2cc1OC. The Bertz CT molecular complexity index is 1290. The highest BCUT2D eigenvalue weighted by Gasteiger charge is 2.32. The van der Waals surface area contributed by atoms with E-state index in [0.717, 1.165) is 0 Å². The van der Waals surface area contributed by atoms with Crippen LogP contribution in [0.1, 0.15) is 12.7 Å². The van der Waals surface area contributed by atoms with Crippen molar-refractivity contribution in [2.45, 2.75) is 12.3 Å². The molecule has 0 bridgehead atoms. The van der Waals surface area contributed by atoms with Gasteiger partial charge in [-0.05, 0) is 25.1 Å². The molecule has 172 valence electrons. The van der Waals surface area contributed by atoms with Gasteiger partial charge in [-0.15, -0.1) is 0 Å². The predicted octanol–water partition coefficient (Wildman–Crippen LogP) is 5.43. The number of methoxy groups -OCH3 is 2. The maximum Gasteiger partial charge on any atom is 0.230 e. The summed E-state index contributed by atoms with van der Waals surface area (Å²) in [6.07, 6.45) is 1.28. The molecule has 0 unspecified atom stereocenters. The average Bonchev–Trinajstić information content (AvgIpc) is 3.34. The molecule has 0 aliphatic heterocycles. The summed E-state index contributed by atoms with van der Waals surface area (Å²) in [6, 6.07) is 9.03. The van der Waals surface area contributed by atoms with Crippen LogP contribution >= 0.6 is 0 Å². The van der Waals surface area contributed by atoms with E-state index in [2.05, 4.69) is 15.1 Å². The first-order valence-electron chi connectivity index (χ1n) is 9.86.